The average molecular weight is 436 g/mol. The van der Waals surface area contributed by atoms with E-state index in [1.165, 1.54) is 0 Å². The van der Waals surface area contributed by atoms with E-state index in [9.17, 15) is 9.59 Å². The molecule has 31 heavy (non-hydrogen) atoms. The molecule has 6 nitrogen and oxygen atoms in total. The minimum absolute atomic E-state index is 0.0275. The molecule has 2 aromatic heterocycles. The van der Waals surface area contributed by atoms with Crippen LogP contribution < -0.4 is 10.7 Å². The number of fused-ring (bicyclic) bond motifs is 3. The van der Waals surface area contributed by atoms with E-state index < -0.39 is 0 Å². The van der Waals surface area contributed by atoms with E-state index in [1.54, 1.807) is 31.1 Å². The lowest BCUT2D eigenvalue weighted by atomic mass is 10.0. The average Bonchev–Trinajstić information content (AvgIpc) is 2.91. The summed E-state index contributed by atoms with van der Waals surface area (Å²) in [6.07, 6.45) is 2.28. The highest BCUT2D eigenvalue weighted by atomic mass is 32.2. The van der Waals surface area contributed by atoms with Gasteiger partial charge in [-0.1, -0.05) is 18.2 Å². The van der Waals surface area contributed by atoms with Gasteiger partial charge in [0.1, 0.15) is 5.56 Å². The van der Waals surface area contributed by atoms with Gasteiger partial charge >= 0.3 is 0 Å². The Bertz CT molecular complexity index is 1160. The molecule has 3 heterocycles. The monoisotopic (exact) mass is 435 g/mol. The molecule has 0 unspecified atom stereocenters. The van der Waals surface area contributed by atoms with Crippen LogP contribution >= 0.6 is 11.8 Å². The number of aryl methyl sites for hydroxylation is 1. The van der Waals surface area contributed by atoms with Gasteiger partial charge in [0, 0.05) is 48.1 Å². The minimum atomic E-state index is -0.373. The van der Waals surface area contributed by atoms with E-state index >= 15 is 0 Å². The molecule has 4 rings (SSSR count). The summed E-state index contributed by atoms with van der Waals surface area (Å²) in [6, 6.07) is 15.2. The zero-order chi connectivity index (χ0) is 22.0. The molecule has 0 saturated heterocycles. The van der Waals surface area contributed by atoms with Crippen molar-refractivity contribution in [1.29, 1.82) is 0 Å². The summed E-state index contributed by atoms with van der Waals surface area (Å²) in [4.78, 5) is 31.9. The number of ether oxygens (including phenoxy) is 1. The van der Waals surface area contributed by atoms with E-state index in [1.807, 2.05) is 54.8 Å². The number of carbonyl (C=O) groups is 1. The van der Waals surface area contributed by atoms with Gasteiger partial charge in [-0.15, -0.1) is 11.8 Å². The number of aromatic nitrogens is 2. The van der Waals surface area contributed by atoms with E-state index in [2.05, 4.69) is 16.4 Å². The molecule has 0 fully saturated rings. The van der Waals surface area contributed by atoms with Crippen molar-refractivity contribution in [3.05, 3.63) is 87.6 Å². The first-order valence-corrected chi connectivity index (χ1v) is 11.1. The van der Waals surface area contributed by atoms with Gasteiger partial charge in [-0.05, 0) is 38.1 Å². The zero-order valence-electron chi connectivity index (χ0n) is 17.8. The van der Waals surface area contributed by atoms with E-state index in [0.717, 1.165) is 22.0 Å². The topological polar surface area (TPSA) is 73.2 Å². The molecule has 1 aliphatic rings. The molecule has 1 aromatic carbocycles. The van der Waals surface area contributed by atoms with Crippen LogP contribution in [-0.2, 0) is 11.2 Å². The van der Waals surface area contributed by atoms with E-state index in [-0.39, 0.29) is 28.2 Å². The van der Waals surface area contributed by atoms with Gasteiger partial charge in [-0.25, -0.2) is 0 Å². The molecule has 1 N–H and O–H groups in total. The molecule has 3 aromatic rings. The molecule has 2 atom stereocenters. The predicted octanol–water partition coefficient (Wildman–Crippen LogP) is 3.70. The SMILES string of the molecule is COC[C@@H](C)NC(=O)c1c2n(c(C)cc1=O)-c1ccccc1S[C@@H](c1ccccn1)C2. The minimum Gasteiger partial charge on any atom is -0.383 e. The molecular weight excluding hydrogens is 410 g/mol. The zero-order valence-corrected chi connectivity index (χ0v) is 18.6. The molecule has 160 valence electrons. The van der Waals surface area contributed by atoms with Crippen LogP contribution in [0.25, 0.3) is 5.69 Å². The molecule has 1 amide bonds. The fourth-order valence-corrected chi connectivity index (χ4v) is 5.24. The fourth-order valence-electron chi connectivity index (χ4n) is 4.00. The number of hydrogen-bond donors (Lipinski definition) is 1. The third-order valence-corrected chi connectivity index (χ3v) is 6.58. The van der Waals surface area contributed by atoms with Crippen LogP contribution in [0.4, 0.5) is 0 Å². The van der Waals surface area contributed by atoms with E-state index in [0.29, 0.717) is 18.7 Å². The first-order chi connectivity index (χ1) is 15.0. The van der Waals surface area contributed by atoms with Gasteiger partial charge in [0.15, 0.2) is 5.43 Å². The quantitative estimate of drug-likeness (QED) is 0.662. The van der Waals surface area contributed by atoms with Crippen molar-refractivity contribution in [2.75, 3.05) is 13.7 Å². The molecule has 0 saturated carbocycles. The van der Waals surface area contributed by atoms with Gasteiger partial charge in [0.2, 0.25) is 0 Å². The maximum Gasteiger partial charge on any atom is 0.257 e. The van der Waals surface area contributed by atoms with Crippen LogP contribution in [0.1, 0.15) is 39.6 Å². The predicted molar refractivity (Wildman–Crippen MR) is 122 cm³/mol. The van der Waals surface area contributed by atoms with Crippen molar-refractivity contribution >= 4 is 17.7 Å². The Balaban J connectivity index is 1.91. The highest BCUT2D eigenvalue weighted by Gasteiger charge is 2.29. The number of nitrogens with zero attached hydrogens (tertiary/aromatic N) is 2. The first kappa shape index (κ1) is 21.3. The Morgan fingerprint density at radius 1 is 1.29 bits per heavy atom. The van der Waals surface area contributed by atoms with Crippen molar-refractivity contribution in [2.45, 2.75) is 36.5 Å². The number of benzene rings is 1. The second-order valence-corrected chi connectivity index (χ2v) is 8.91. The number of thioether (sulfide) groups is 1. The van der Waals surface area contributed by atoms with Gasteiger partial charge in [0.05, 0.1) is 23.2 Å². The van der Waals surface area contributed by atoms with Crippen LogP contribution in [0.5, 0.6) is 0 Å². The lowest BCUT2D eigenvalue weighted by Crippen LogP contribution is -2.39. The van der Waals surface area contributed by atoms with Crippen LogP contribution in [0.3, 0.4) is 0 Å². The maximum atomic E-state index is 13.2. The van der Waals surface area contributed by atoms with Crippen molar-refractivity contribution < 1.29 is 9.53 Å². The summed E-state index contributed by atoms with van der Waals surface area (Å²) < 4.78 is 7.18. The van der Waals surface area contributed by atoms with Gasteiger partial charge in [0.25, 0.3) is 5.91 Å². The number of amides is 1. The number of hydrogen-bond acceptors (Lipinski definition) is 5. The van der Waals surface area contributed by atoms with Gasteiger partial charge in [-0.2, -0.15) is 0 Å². The Kier molecular flexibility index (Phi) is 6.25. The number of carbonyl (C=O) groups excluding carboxylic acids is 1. The number of rotatable bonds is 5. The summed E-state index contributed by atoms with van der Waals surface area (Å²) in [5.41, 5.74) is 3.32. The summed E-state index contributed by atoms with van der Waals surface area (Å²) in [6.45, 7) is 4.13. The summed E-state index contributed by atoms with van der Waals surface area (Å²) in [5, 5.41) is 2.88. The Hall–Kier alpha value is -2.90. The third kappa shape index (κ3) is 4.29. The Morgan fingerprint density at radius 2 is 2.06 bits per heavy atom. The largest absolute Gasteiger partial charge is 0.383 e. The van der Waals surface area contributed by atoms with Crippen molar-refractivity contribution in [3.63, 3.8) is 0 Å². The van der Waals surface area contributed by atoms with Gasteiger partial charge < -0.3 is 14.6 Å². The van der Waals surface area contributed by atoms with Crippen LogP contribution in [0.2, 0.25) is 0 Å². The number of nitrogens with one attached hydrogen (secondary N) is 1. The second-order valence-electron chi connectivity index (χ2n) is 7.67. The summed E-state index contributed by atoms with van der Waals surface area (Å²) >= 11 is 1.71. The maximum absolute atomic E-state index is 13.2. The number of para-hydroxylation sites is 1. The lowest BCUT2D eigenvalue weighted by molar-refractivity contribution is 0.0902. The molecule has 0 radical (unpaired) electrons. The summed E-state index contributed by atoms with van der Waals surface area (Å²) in [5.74, 6) is -0.373. The second kappa shape index (κ2) is 9.08. The standard InChI is InChI=1S/C24H25N3O3S/c1-15(14-30-3)26-24(29)23-19-13-22(17-8-6-7-11-25-17)31-21-10-5-4-9-18(21)27(19)16(2)12-20(23)28/h4-12,15,22H,13-14H2,1-3H3,(H,26,29)/t15-,22-/m1/s1. The highest BCUT2D eigenvalue weighted by molar-refractivity contribution is 7.99. The molecular formula is C24H25N3O3S. The normalized spacial score (nSPS) is 16.0. The van der Waals surface area contributed by atoms with Crippen LogP contribution in [-0.4, -0.2) is 35.2 Å². The van der Waals surface area contributed by atoms with Crippen LogP contribution in [0, 0.1) is 6.92 Å². The lowest BCUT2D eigenvalue weighted by Gasteiger charge is -2.21. The molecule has 0 bridgehead atoms. The molecule has 1 aliphatic heterocycles. The molecule has 0 spiro atoms. The highest BCUT2D eigenvalue weighted by Crippen LogP contribution is 2.43. The van der Waals surface area contributed by atoms with Crippen molar-refractivity contribution in [2.24, 2.45) is 0 Å². The number of methoxy groups -OCH3 is 1. The van der Waals surface area contributed by atoms with Crippen LogP contribution in [0.15, 0.2) is 64.4 Å². The van der Waals surface area contributed by atoms with Crippen molar-refractivity contribution in [1.82, 2.24) is 14.9 Å². The van der Waals surface area contributed by atoms with Crippen molar-refractivity contribution in [3.8, 4) is 5.69 Å². The Labute approximate surface area is 185 Å². The molecule has 7 heteroatoms. The smallest absolute Gasteiger partial charge is 0.257 e. The van der Waals surface area contributed by atoms with Gasteiger partial charge in [-0.3, -0.25) is 14.6 Å². The molecule has 0 aliphatic carbocycles. The van der Waals surface area contributed by atoms with E-state index in [4.69, 9.17) is 4.74 Å². The number of pyridine rings is 2. The third-order valence-electron chi connectivity index (χ3n) is 5.29. The fraction of sp³-hybridized carbons (Fsp3) is 0.292. The summed E-state index contributed by atoms with van der Waals surface area (Å²) in [7, 11) is 1.58. The first-order valence-electron chi connectivity index (χ1n) is 10.2. The Morgan fingerprint density at radius 3 is 2.81 bits per heavy atom.